The van der Waals surface area contributed by atoms with Crippen LogP contribution in [0.5, 0.6) is 0 Å². The number of nitrogens with zero attached hydrogens (tertiary/aromatic N) is 3. The fourth-order valence-electron chi connectivity index (χ4n) is 1.53. The Labute approximate surface area is 103 Å². The number of anilines is 1. The largest absolute Gasteiger partial charge is 0.370 e. The second kappa shape index (κ2) is 4.58. The molecule has 0 saturated carbocycles. The number of carbonyl (C=O) groups excluding carboxylic acids is 1. The number of amides is 1. The third kappa shape index (κ3) is 2.65. The molecule has 2 aromatic rings. The number of carbonyl (C=O) groups is 1. The van der Waals surface area contributed by atoms with Crippen LogP contribution in [0.15, 0.2) is 18.5 Å². The summed E-state index contributed by atoms with van der Waals surface area (Å²) in [4.78, 5) is 15.0. The van der Waals surface area contributed by atoms with Crippen molar-refractivity contribution in [1.29, 1.82) is 0 Å². The van der Waals surface area contributed by atoms with E-state index in [4.69, 9.17) is 17.3 Å². The van der Waals surface area contributed by atoms with Gasteiger partial charge >= 0.3 is 0 Å². The Morgan fingerprint density at radius 2 is 2.47 bits per heavy atom. The van der Waals surface area contributed by atoms with Gasteiger partial charge < -0.3 is 11.1 Å². The number of nitrogens with two attached hydrogens (primary N) is 1. The molecule has 0 aliphatic carbocycles. The maximum atomic E-state index is 10.8. The van der Waals surface area contributed by atoms with Crippen LogP contribution >= 0.6 is 11.6 Å². The van der Waals surface area contributed by atoms with Crippen molar-refractivity contribution in [3.05, 3.63) is 23.5 Å². The van der Waals surface area contributed by atoms with Gasteiger partial charge in [0.25, 0.3) is 0 Å². The molecule has 2 heterocycles. The molecule has 1 amide bonds. The van der Waals surface area contributed by atoms with Gasteiger partial charge in [0.2, 0.25) is 5.91 Å². The molecule has 2 rings (SSSR count). The first kappa shape index (κ1) is 11.7. The summed E-state index contributed by atoms with van der Waals surface area (Å²) in [5.41, 5.74) is 5.68. The van der Waals surface area contributed by atoms with Crippen LogP contribution in [0, 0.1) is 0 Å². The molecule has 17 heavy (non-hydrogen) atoms. The summed E-state index contributed by atoms with van der Waals surface area (Å²) in [6, 6.07) is 1.68. The van der Waals surface area contributed by atoms with Crippen molar-refractivity contribution in [2.24, 2.45) is 5.73 Å². The minimum Gasteiger partial charge on any atom is -0.370 e. The van der Waals surface area contributed by atoms with Gasteiger partial charge in [-0.1, -0.05) is 11.6 Å². The summed E-state index contributed by atoms with van der Waals surface area (Å²) >= 11 is 5.92. The van der Waals surface area contributed by atoms with Crippen molar-refractivity contribution in [1.82, 2.24) is 14.6 Å². The zero-order valence-electron chi connectivity index (χ0n) is 9.22. The van der Waals surface area contributed by atoms with Gasteiger partial charge in [-0.15, -0.1) is 0 Å². The van der Waals surface area contributed by atoms with Crippen molar-refractivity contribution >= 4 is 29.0 Å². The normalized spacial score (nSPS) is 12.6. The Morgan fingerprint density at radius 3 is 3.18 bits per heavy atom. The van der Waals surface area contributed by atoms with Crippen LogP contribution in [0.3, 0.4) is 0 Å². The smallest absolute Gasteiger partial charge is 0.219 e. The Morgan fingerprint density at radius 1 is 1.71 bits per heavy atom. The van der Waals surface area contributed by atoms with E-state index < -0.39 is 0 Å². The highest BCUT2D eigenvalue weighted by atomic mass is 35.5. The topological polar surface area (TPSA) is 85.3 Å². The first-order valence-electron chi connectivity index (χ1n) is 5.11. The molecular formula is C10H12ClN5O. The van der Waals surface area contributed by atoms with E-state index in [9.17, 15) is 4.79 Å². The highest BCUT2D eigenvalue weighted by molar-refractivity contribution is 6.33. The summed E-state index contributed by atoms with van der Waals surface area (Å²) in [7, 11) is 0. The summed E-state index contributed by atoms with van der Waals surface area (Å²) in [6.07, 6.45) is 3.52. The van der Waals surface area contributed by atoms with Crippen LogP contribution in [0.2, 0.25) is 5.02 Å². The lowest BCUT2D eigenvalue weighted by atomic mass is 10.2. The Hall–Kier alpha value is -1.82. The molecule has 0 aliphatic heterocycles. The van der Waals surface area contributed by atoms with E-state index in [1.807, 2.05) is 6.92 Å². The van der Waals surface area contributed by atoms with Gasteiger partial charge in [0.15, 0.2) is 5.65 Å². The fourth-order valence-corrected chi connectivity index (χ4v) is 1.70. The quantitative estimate of drug-likeness (QED) is 0.853. The maximum absolute atomic E-state index is 10.8. The molecule has 90 valence electrons. The number of hydrogen-bond acceptors (Lipinski definition) is 4. The monoisotopic (exact) mass is 253 g/mol. The lowest BCUT2D eigenvalue weighted by Gasteiger charge is -2.12. The van der Waals surface area contributed by atoms with E-state index >= 15 is 0 Å². The molecule has 0 spiro atoms. The maximum Gasteiger partial charge on any atom is 0.219 e. The van der Waals surface area contributed by atoms with Crippen molar-refractivity contribution in [2.45, 2.75) is 19.4 Å². The molecule has 6 nitrogen and oxygen atoms in total. The Bertz CT molecular complexity index is 553. The lowest BCUT2D eigenvalue weighted by Crippen LogP contribution is -2.24. The van der Waals surface area contributed by atoms with Gasteiger partial charge in [-0.2, -0.15) is 5.10 Å². The van der Waals surface area contributed by atoms with E-state index in [1.54, 1.807) is 16.8 Å². The van der Waals surface area contributed by atoms with Gasteiger partial charge in [0.1, 0.15) is 10.8 Å². The summed E-state index contributed by atoms with van der Waals surface area (Å²) in [6.45, 7) is 1.86. The number of rotatable bonds is 4. The molecule has 0 radical (unpaired) electrons. The fraction of sp³-hybridized carbons (Fsp3) is 0.300. The number of halogens is 1. The minimum atomic E-state index is -0.353. The van der Waals surface area contributed by atoms with Crippen LogP contribution < -0.4 is 11.1 Å². The number of fused-ring (bicyclic) bond motifs is 1. The average Bonchev–Trinajstić information content (AvgIpc) is 2.59. The van der Waals surface area contributed by atoms with Gasteiger partial charge in [0, 0.05) is 18.7 Å². The molecule has 0 bridgehead atoms. The van der Waals surface area contributed by atoms with Crippen molar-refractivity contribution in [3.8, 4) is 0 Å². The van der Waals surface area contributed by atoms with Gasteiger partial charge in [0.05, 0.1) is 6.20 Å². The standard InChI is InChI=1S/C10H12ClN5O/c1-6(4-8(12)17)14-9-2-3-16-10(15-9)7(11)5-13-16/h2-3,5-6H,4H2,1H3,(H2,12,17)(H,14,15). The third-order valence-corrected chi connectivity index (χ3v) is 2.49. The summed E-state index contributed by atoms with van der Waals surface area (Å²) in [5, 5.41) is 7.56. The van der Waals surface area contributed by atoms with Crippen molar-refractivity contribution in [2.75, 3.05) is 5.32 Å². The third-order valence-electron chi connectivity index (χ3n) is 2.23. The Balaban J connectivity index is 2.18. The van der Waals surface area contributed by atoms with E-state index in [0.717, 1.165) is 0 Å². The van der Waals surface area contributed by atoms with Gasteiger partial charge in [-0.25, -0.2) is 9.50 Å². The number of nitrogens with one attached hydrogen (secondary N) is 1. The molecule has 0 aliphatic rings. The molecule has 2 aromatic heterocycles. The van der Waals surface area contributed by atoms with E-state index in [1.165, 1.54) is 6.20 Å². The van der Waals surface area contributed by atoms with Gasteiger partial charge in [-0.3, -0.25) is 4.79 Å². The zero-order chi connectivity index (χ0) is 12.4. The number of hydrogen-bond donors (Lipinski definition) is 2. The summed E-state index contributed by atoms with van der Waals surface area (Å²) < 4.78 is 1.58. The predicted molar refractivity (Wildman–Crippen MR) is 64.9 cm³/mol. The highest BCUT2D eigenvalue weighted by Crippen LogP contribution is 2.16. The predicted octanol–water partition coefficient (Wildman–Crippen LogP) is 1.06. The van der Waals surface area contributed by atoms with Crippen molar-refractivity contribution < 1.29 is 4.79 Å². The molecule has 0 aromatic carbocycles. The van der Waals surface area contributed by atoms with Gasteiger partial charge in [-0.05, 0) is 13.0 Å². The van der Waals surface area contributed by atoms with Crippen LogP contribution in [-0.4, -0.2) is 26.5 Å². The summed E-state index contributed by atoms with van der Waals surface area (Å²) in [5.74, 6) is 0.280. The molecule has 0 fully saturated rings. The SMILES string of the molecule is CC(CC(N)=O)Nc1ccn2ncc(Cl)c2n1. The first-order valence-corrected chi connectivity index (χ1v) is 5.49. The molecule has 1 unspecified atom stereocenters. The van der Waals surface area contributed by atoms with Crippen LogP contribution in [0.25, 0.3) is 5.65 Å². The molecule has 0 saturated heterocycles. The van der Waals surface area contributed by atoms with Crippen LogP contribution in [0.4, 0.5) is 5.82 Å². The highest BCUT2D eigenvalue weighted by Gasteiger charge is 2.08. The molecule has 1 atom stereocenters. The lowest BCUT2D eigenvalue weighted by molar-refractivity contribution is -0.118. The minimum absolute atomic E-state index is 0.0795. The Kier molecular flexibility index (Phi) is 3.14. The number of aromatic nitrogens is 3. The number of primary amides is 1. The molecule has 7 heteroatoms. The second-order valence-corrected chi connectivity index (χ2v) is 4.20. The second-order valence-electron chi connectivity index (χ2n) is 3.79. The van der Waals surface area contributed by atoms with Crippen LogP contribution in [0.1, 0.15) is 13.3 Å². The molecule has 3 N–H and O–H groups in total. The molecular weight excluding hydrogens is 242 g/mol. The van der Waals surface area contributed by atoms with Crippen LogP contribution in [-0.2, 0) is 4.79 Å². The van der Waals surface area contributed by atoms with E-state index in [-0.39, 0.29) is 18.4 Å². The zero-order valence-corrected chi connectivity index (χ0v) is 9.98. The van der Waals surface area contributed by atoms with E-state index in [0.29, 0.717) is 16.5 Å². The van der Waals surface area contributed by atoms with Crippen molar-refractivity contribution in [3.63, 3.8) is 0 Å². The average molecular weight is 254 g/mol. The first-order chi connectivity index (χ1) is 8.06. The van der Waals surface area contributed by atoms with E-state index in [2.05, 4.69) is 15.4 Å².